The van der Waals surface area contributed by atoms with Gasteiger partial charge in [0.1, 0.15) is 0 Å². The SMILES string of the molecule is CC1(C)c2ccccc2-c2cccc(N(c3ccc(-c4ccc5sc6ccccc6c5c4)cc3)c3ccc4c(c3)-c3ccccc3C4(c3ccccc3)c3ccccc3)c21. The summed E-state index contributed by atoms with van der Waals surface area (Å²) in [4.78, 5) is 2.51. The standard InChI is InChI=1S/C58H41NS/c1-57(2)50-24-12-9-20-44(50)47-23-15-26-53(56(47)57)59(42-31-28-38(29-32-42)39-30-35-55-49(36-39)46-22-11-14-27-54(46)60-55)43-33-34-52-48(37-43)45-21-10-13-25-51(45)58(52,40-16-5-3-6-17-40)41-18-7-4-8-19-41/h3-37H,1-2H3. The molecule has 2 heteroatoms. The Labute approximate surface area is 355 Å². The molecule has 0 N–H and O–H groups in total. The van der Waals surface area contributed by atoms with Gasteiger partial charge < -0.3 is 4.90 Å². The molecule has 0 aliphatic heterocycles. The van der Waals surface area contributed by atoms with Crippen LogP contribution in [0.1, 0.15) is 47.2 Å². The van der Waals surface area contributed by atoms with Crippen LogP contribution in [0.3, 0.4) is 0 Å². The second-order valence-electron chi connectivity index (χ2n) is 16.8. The highest BCUT2D eigenvalue weighted by atomic mass is 32.1. The molecule has 0 spiro atoms. The lowest BCUT2D eigenvalue weighted by Crippen LogP contribution is -2.28. The van der Waals surface area contributed by atoms with Gasteiger partial charge in [0.25, 0.3) is 0 Å². The van der Waals surface area contributed by atoms with E-state index in [0.29, 0.717) is 0 Å². The predicted molar refractivity (Wildman–Crippen MR) is 254 cm³/mol. The molecule has 0 radical (unpaired) electrons. The van der Waals surface area contributed by atoms with Gasteiger partial charge in [0.2, 0.25) is 0 Å². The molecule has 9 aromatic carbocycles. The summed E-state index contributed by atoms with van der Waals surface area (Å²) in [5.41, 5.74) is 18.3. The Bertz CT molecular complexity index is 3240. The Morgan fingerprint density at radius 3 is 1.70 bits per heavy atom. The van der Waals surface area contributed by atoms with E-state index in [1.807, 2.05) is 11.3 Å². The van der Waals surface area contributed by atoms with Crippen LogP contribution in [-0.4, -0.2) is 0 Å². The molecule has 60 heavy (non-hydrogen) atoms. The number of fused-ring (bicyclic) bond motifs is 9. The Balaban J connectivity index is 1.07. The van der Waals surface area contributed by atoms with Crippen LogP contribution in [0.15, 0.2) is 212 Å². The largest absolute Gasteiger partial charge is 0.310 e. The van der Waals surface area contributed by atoms with Crippen LogP contribution in [0.5, 0.6) is 0 Å². The molecular formula is C58H41NS. The summed E-state index contributed by atoms with van der Waals surface area (Å²) in [6, 6.07) is 79.2. The van der Waals surface area contributed by atoms with Crippen molar-refractivity contribution in [3.05, 3.63) is 246 Å². The van der Waals surface area contributed by atoms with Crippen molar-refractivity contribution < 1.29 is 0 Å². The van der Waals surface area contributed by atoms with E-state index in [9.17, 15) is 0 Å². The van der Waals surface area contributed by atoms with Crippen molar-refractivity contribution in [2.45, 2.75) is 24.7 Å². The van der Waals surface area contributed by atoms with Crippen molar-refractivity contribution in [1.29, 1.82) is 0 Å². The molecule has 0 saturated heterocycles. The Kier molecular flexibility index (Phi) is 7.73. The molecule has 0 atom stereocenters. The van der Waals surface area contributed by atoms with E-state index < -0.39 is 5.41 Å². The number of rotatable bonds is 6. The highest BCUT2D eigenvalue weighted by Crippen LogP contribution is 2.58. The average molecular weight is 784 g/mol. The van der Waals surface area contributed by atoms with Crippen LogP contribution in [0.2, 0.25) is 0 Å². The smallest absolute Gasteiger partial charge is 0.0713 e. The Morgan fingerprint density at radius 2 is 0.950 bits per heavy atom. The van der Waals surface area contributed by atoms with Gasteiger partial charge in [-0.15, -0.1) is 11.3 Å². The first-order valence-corrected chi connectivity index (χ1v) is 21.7. The van der Waals surface area contributed by atoms with Crippen molar-refractivity contribution in [3.8, 4) is 33.4 Å². The minimum Gasteiger partial charge on any atom is -0.310 e. The summed E-state index contributed by atoms with van der Waals surface area (Å²) >= 11 is 1.87. The minimum absolute atomic E-state index is 0.196. The lowest BCUT2D eigenvalue weighted by Gasteiger charge is -2.35. The zero-order chi connectivity index (χ0) is 40.0. The van der Waals surface area contributed by atoms with Gasteiger partial charge in [-0.3, -0.25) is 0 Å². The molecule has 2 aliphatic rings. The fourth-order valence-electron chi connectivity index (χ4n) is 10.7. The third-order valence-corrected chi connectivity index (χ3v) is 14.5. The molecule has 284 valence electrons. The summed E-state index contributed by atoms with van der Waals surface area (Å²) in [7, 11) is 0. The van der Waals surface area contributed by atoms with Crippen molar-refractivity contribution in [2.75, 3.05) is 4.90 Å². The van der Waals surface area contributed by atoms with Crippen LogP contribution >= 0.6 is 11.3 Å². The molecule has 0 saturated carbocycles. The highest BCUT2D eigenvalue weighted by molar-refractivity contribution is 7.25. The zero-order valence-corrected chi connectivity index (χ0v) is 34.4. The molecular weight excluding hydrogens is 743 g/mol. The van der Waals surface area contributed by atoms with Gasteiger partial charge in [-0.1, -0.05) is 178 Å². The topological polar surface area (TPSA) is 3.24 Å². The lowest BCUT2D eigenvalue weighted by atomic mass is 9.68. The van der Waals surface area contributed by atoms with E-state index in [2.05, 4.69) is 231 Å². The molecule has 2 aliphatic carbocycles. The van der Waals surface area contributed by atoms with Gasteiger partial charge in [-0.25, -0.2) is 0 Å². The number of hydrogen-bond acceptors (Lipinski definition) is 2. The third kappa shape index (κ3) is 4.98. The second kappa shape index (κ2) is 13.3. The first-order chi connectivity index (χ1) is 29.5. The first kappa shape index (κ1) is 35.0. The fraction of sp³-hybridized carbons (Fsp3) is 0.0690. The quantitative estimate of drug-likeness (QED) is 0.162. The van der Waals surface area contributed by atoms with Gasteiger partial charge in [-0.2, -0.15) is 0 Å². The molecule has 0 amide bonds. The predicted octanol–water partition coefficient (Wildman–Crippen LogP) is 15.9. The van der Waals surface area contributed by atoms with Crippen molar-refractivity contribution in [2.24, 2.45) is 0 Å². The van der Waals surface area contributed by atoms with Gasteiger partial charge in [0, 0.05) is 37.0 Å². The monoisotopic (exact) mass is 783 g/mol. The number of nitrogens with zero attached hydrogens (tertiary/aromatic N) is 1. The van der Waals surface area contributed by atoms with E-state index in [1.165, 1.54) is 92.6 Å². The van der Waals surface area contributed by atoms with Crippen LogP contribution in [-0.2, 0) is 10.8 Å². The third-order valence-electron chi connectivity index (χ3n) is 13.3. The highest BCUT2D eigenvalue weighted by Gasteiger charge is 2.46. The van der Waals surface area contributed by atoms with Crippen LogP contribution in [0.4, 0.5) is 17.1 Å². The maximum atomic E-state index is 2.51. The lowest BCUT2D eigenvalue weighted by molar-refractivity contribution is 0.661. The summed E-state index contributed by atoms with van der Waals surface area (Å²) in [5, 5.41) is 2.64. The molecule has 0 bridgehead atoms. The number of anilines is 3. The molecule has 1 heterocycles. The molecule has 1 aromatic heterocycles. The number of hydrogen-bond donors (Lipinski definition) is 0. The van der Waals surface area contributed by atoms with E-state index in [4.69, 9.17) is 0 Å². The summed E-state index contributed by atoms with van der Waals surface area (Å²) < 4.78 is 2.66. The summed E-state index contributed by atoms with van der Waals surface area (Å²) in [6.07, 6.45) is 0. The van der Waals surface area contributed by atoms with Gasteiger partial charge in [-0.05, 0) is 115 Å². The van der Waals surface area contributed by atoms with Gasteiger partial charge >= 0.3 is 0 Å². The molecule has 1 nitrogen and oxygen atoms in total. The van der Waals surface area contributed by atoms with E-state index in [0.717, 1.165) is 11.4 Å². The van der Waals surface area contributed by atoms with Crippen LogP contribution in [0.25, 0.3) is 53.6 Å². The van der Waals surface area contributed by atoms with Crippen LogP contribution in [0, 0.1) is 0 Å². The van der Waals surface area contributed by atoms with Crippen molar-refractivity contribution in [1.82, 2.24) is 0 Å². The zero-order valence-electron chi connectivity index (χ0n) is 33.6. The van der Waals surface area contributed by atoms with Gasteiger partial charge in [0.05, 0.1) is 11.1 Å². The maximum Gasteiger partial charge on any atom is 0.0713 e. The molecule has 10 aromatic rings. The number of benzene rings is 9. The summed E-state index contributed by atoms with van der Waals surface area (Å²) in [5.74, 6) is 0. The van der Waals surface area contributed by atoms with Crippen molar-refractivity contribution in [3.63, 3.8) is 0 Å². The Morgan fingerprint density at radius 1 is 0.383 bits per heavy atom. The second-order valence-corrected chi connectivity index (χ2v) is 17.9. The summed E-state index contributed by atoms with van der Waals surface area (Å²) in [6.45, 7) is 4.78. The number of thiophene rings is 1. The minimum atomic E-state index is -0.452. The van der Waals surface area contributed by atoms with Crippen LogP contribution < -0.4 is 4.90 Å². The molecule has 0 unspecified atom stereocenters. The maximum absolute atomic E-state index is 2.51. The Hall–Kier alpha value is -7.00. The van der Waals surface area contributed by atoms with E-state index in [-0.39, 0.29) is 5.41 Å². The normalized spacial score (nSPS) is 14.1. The van der Waals surface area contributed by atoms with Gasteiger partial charge in [0.15, 0.2) is 0 Å². The fourth-order valence-corrected chi connectivity index (χ4v) is 11.8. The van der Waals surface area contributed by atoms with E-state index in [1.54, 1.807) is 0 Å². The van der Waals surface area contributed by atoms with Crippen molar-refractivity contribution >= 4 is 48.6 Å². The molecule has 0 fully saturated rings. The molecule has 12 rings (SSSR count). The average Bonchev–Trinajstić information content (AvgIpc) is 3.91. The van der Waals surface area contributed by atoms with E-state index >= 15 is 0 Å². The first-order valence-electron chi connectivity index (χ1n) is 20.9.